The van der Waals surface area contributed by atoms with Gasteiger partial charge in [0.2, 0.25) is 5.91 Å². The maximum atomic E-state index is 14.7. The molecular weight excluding hydrogens is 477 g/mol. The van der Waals surface area contributed by atoms with Gasteiger partial charge in [-0.1, -0.05) is 30.3 Å². The minimum absolute atomic E-state index is 0.00690. The van der Waals surface area contributed by atoms with E-state index in [2.05, 4.69) is 17.2 Å². The number of aromatic carboxylic acids is 1. The summed E-state index contributed by atoms with van der Waals surface area (Å²) in [6, 6.07) is 16.8. The number of carboxylic acid groups (broad SMARTS) is 1. The van der Waals surface area contributed by atoms with Crippen molar-refractivity contribution >= 4 is 29.3 Å². The van der Waals surface area contributed by atoms with E-state index in [1.54, 1.807) is 36.4 Å². The van der Waals surface area contributed by atoms with Crippen LogP contribution >= 0.6 is 0 Å². The molecule has 0 bridgehead atoms. The molecule has 0 aliphatic carbocycles. The molecule has 0 aliphatic rings. The van der Waals surface area contributed by atoms with Gasteiger partial charge in [0.25, 0.3) is 0 Å². The fourth-order valence-electron chi connectivity index (χ4n) is 3.49. The summed E-state index contributed by atoms with van der Waals surface area (Å²) in [6.45, 7) is 6.24. The molecule has 0 spiro atoms. The summed E-state index contributed by atoms with van der Waals surface area (Å²) in [5, 5.41) is 14.1. The molecule has 3 aromatic carbocycles. The number of nitrogens with zero attached hydrogens (tertiary/aromatic N) is 1. The number of aryl methyl sites for hydroxylation is 1. The van der Waals surface area contributed by atoms with Gasteiger partial charge in [-0.05, 0) is 60.5 Å². The van der Waals surface area contributed by atoms with Crippen LogP contribution in [0, 0.1) is 12.7 Å². The highest BCUT2D eigenvalue weighted by Crippen LogP contribution is 2.19. The second-order valence-electron chi connectivity index (χ2n) is 8.19. The Morgan fingerprint density at radius 3 is 2.38 bits per heavy atom. The Balaban J connectivity index is 1.54. The van der Waals surface area contributed by atoms with E-state index in [0.29, 0.717) is 17.0 Å². The number of benzene rings is 3. The molecule has 0 atom stereocenters. The summed E-state index contributed by atoms with van der Waals surface area (Å²) in [7, 11) is 0. The third-order valence-corrected chi connectivity index (χ3v) is 5.46. The molecule has 3 aromatic rings. The van der Waals surface area contributed by atoms with Gasteiger partial charge in [-0.15, -0.1) is 6.58 Å². The number of ether oxygens (including phenoxy) is 1. The molecule has 37 heavy (non-hydrogen) atoms. The predicted octanol–water partition coefficient (Wildman–Crippen LogP) is 5.11. The lowest BCUT2D eigenvalue weighted by atomic mass is 10.1. The van der Waals surface area contributed by atoms with E-state index >= 15 is 0 Å². The highest BCUT2D eigenvalue weighted by atomic mass is 19.1. The Morgan fingerprint density at radius 2 is 1.73 bits per heavy atom. The van der Waals surface area contributed by atoms with E-state index in [1.807, 2.05) is 19.1 Å². The van der Waals surface area contributed by atoms with E-state index in [9.17, 15) is 18.8 Å². The summed E-state index contributed by atoms with van der Waals surface area (Å²) < 4.78 is 20.3. The van der Waals surface area contributed by atoms with Crippen LogP contribution in [-0.2, 0) is 11.2 Å². The molecule has 0 saturated heterocycles. The summed E-state index contributed by atoms with van der Waals surface area (Å²) in [5.41, 5.74) is 2.08. The largest absolute Gasteiger partial charge is 0.492 e. The zero-order valence-electron chi connectivity index (χ0n) is 20.4. The number of halogens is 1. The lowest BCUT2D eigenvalue weighted by Gasteiger charge is -2.21. The van der Waals surface area contributed by atoms with Crippen molar-refractivity contribution < 1.29 is 28.6 Å². The molecule has 0 aromatic heterocycles. The van der Waals surface area contributed by atoms with E-state index in [0.717, 1.165) is 5.56 Å². The van der Waals surface area contributed by atoms with Crippen LogP contribution in [0.4, 0.5) is 20.6 Å². The van der Waals surface area contributed by atoms with Crippen LogP contribution in [0.3, 0.4) is 0 Å². The fourth-order valence-corrected chi connectivity index (χ4v) is 3.49. The molecule has 3 rings (SSSR count). The Morgan fingerprint density at radius 1 is 1.03 bits per heavy atom. The SMILES string of the molecule is C=CCN(CCOc1ccc(C(=O)O)cc1)C(=O)Cc1ccc(NC(=O)Nc2ccccc2C)c(F)c1. The summed E-state index contributed by atoms with van der Waals surface area (Å²) >= 11 is 0. The van der Waals surface area contributed by atoms with Crippen molar-refractivity contribution in [2.75, 3.05) is 30.3 Å². The average Bonchev–Trinajstić information content (AvgIpc) is 2.87. The van der Waals surface area contributed by atoms with Crippen molar-refractivity contribution in [3.05, 3.63) is 102 Å². The van der Waals surface area contributed by atoms with Crippen LogP contribution in [-0.4, -0.2) is 47.6 Å². The van der Waals surface area contributed by atoms with Gasteiger partial charge in [0, 0.05) is 12.2 Å². The predicted molar refractivity (Wildman–Crippen MR) is 140 cm³/mol. The van der Waals surface area contributed by atoms with Gasteiger partial charge in [-0.3, -0.25) is 4.79 Å². The molecule has 0 fully saturated rings. The number of para-hydroxylation sites is 1. The van der Waals surface area contributed by atoms with Gasteiger partial charge in [-0.2, -0.15) is 0 Å². The monoisotopic (exact) mass is 505 g/mol. The van der Waals surface area contributed by atoms with Crippen molar-refractivity contribution in [2.24, 2.45) is 0 Å². The Kier molecular flexibility index (Phi) is 9.37. The van der Waals surface area contributed by atoms with Gasteiger partial charge in [-0.25, -0.2) is 14.0 Å². The summed E-state index contributed by atoms with van der Waals surface area (Å²) in [5.74, 6) is -1.46. The number of urea groups is 1. The first kappa shape index (κ1) is 26.9. The Labute approximate surface area is 214 Å². The highest BCUT2D eigenvalue weighted by molar-refractivity contribution is 6.00. The van der Waals surface area contributed by atoms with Crippen LogP contribution in [0.15, 0.2) is 79.4 Å². The number of carbonyl (C=O) groups excluding carboxylic acids is 2. The third kappa shape index (κ3) is 7.93. The maximum absolute atomic E-state index is 14.7. The first-order valence-electron chi connectivity index (χ1n) is 11.5. The molecule has 192 valence electrons. The standard InChI is InChI=1S/C28H28FN3O5/c1-3-14-32(15-16-37-22-11-9-21(10-12-22)27(34)35)26(33)18-20-8-13-25(23(29)17-20)31-28(36)30-24-7-5-4-6-19(24)2/h3-13,17H,1,14-16,18H2,2H3,(H,34,35)(H2,30,31,36). The molecule has 0 radical (unpaired) electrons. The van der Waals surface area contributed by atoms with Crippen LogP contribution < -0.4 is 15.4 Å². The molecule has 0 heterocycles. The second-order valence-corrected chi connectivity index (χ2v) is 8.19. The van der Waals surface area contributed by atoms with E-state index in [4.69, 9.17) is 9.84 Å². The number of carbonyl (C=O) groups is 3. The molecule has 8 nitrogen and oxygen atoms in total. The first-order valence-corrected chi connectivity index (χ1v) is 11.5. The smallest absolute Gasteiger partial charge is 0.335 e. The van der Waals surface area contributed by atoms with E-state index in [1.165, 1.54) is 29.2 Å². The second kappa shape index (κ2) is 12.9. The number of anilines is 2. The minimum atomic E-state index is -1.03. The van der Waals surface area contributed by atoms with Gasteiger partial charge < -0.3 is 25.4 Å². The van der Waals surface area contributed by atoms with E-state index < -0.39 is 17.8 Å². The molecule has 0 aliphatic heterocycles. The zero-order chi connectivity index (χ0) is 26.8. The molecule has 9 heteroatoms. The Bertz CT molecular complexity index is 1280. The minimum Gasteiger partial charge on any atom is -0.492 e. The van der Waals surface area contributed by atoms with Crippen LogP contribution in [0.5, 0.6) is 5.75 Å². The molecule has 3 N–H and O–H groups in total. The van der Waals surface area contributed by atoms with E-state index in [-0.39, 0.29) is 43.3 Å². The Hall–Kier alpha value is -4.66. The van der Waals surface area contributed by atoms with Crippen molar-refractivity contribution in [3.63, 3.8) is 0 Å². The van der Waals surface area contributed by atoms with Crippen LogP contribution in [0.2, 0.25) is 0 Å². The van der Waals surface area contributed by atoms with Crippen LogP contribution in [0.25, 0.3) is 0 Å². The lowest BCUT2D eigenvalue weighted by Crippen LogP contribution is -2.35. The van der Waals surface area contributed by atoms with Gasteiger partial charge >= 0.3 is 12.0 Å². The number of hydrogen-bond acceptors (Lipinski definition) is 4. The molecular formula is C28H28FN3O5. The topological polar surface area (TPSA) is 108 Å². The quantitative estimate of drug-likeness (QED) is 0.314. The number of rotatable bonds is 11. The normalized spacial score (nSPS) is 10.3. The molecule has 3 amide bonds. The summed E-state index contributed by atoms with van der Waals surface area (Å²) in [4.78, 5) is 37.6. The highest BCUT2D eigenvalue weighted by Gasteiger charge is 2.15. The number of nitrogens with one attached hydrogen (secondary N) is 2. The fraction of sp³-hybridized carbons (Fsp3) is 0.179. The number of hydrogen-bond donors (Lipinski definition) is 3. The lowest BCUT2D eigenvalue weighted by molar-refractivity contribution is -0.130. The molecule has 0 unspecified atom stereocenters. The van der Waals surface area contributed by atoms with Crippen molar-refractivity contribution in [3.8, 4) is 5.75 Å². The van der Waals surface area contributed by atoms with Crippen molar-refractivity contribution in [2.45, 2.75) is 13.3 Å². The number of amides is 3. The van der Waals surface area contributed by atoms with Gasteiger partial charge in [0.1, 0.15) is 18.2 Å². The zero-order valence-corrected chi connectivity index (χ0v) is 20.4. The van der Waals surface area contributed by atoms with Crippen molar-refractivity contribution in [1.29, 1.82) is 0 Å². The third-order valence-electron chi connectivity index (χ3n) is 5.46. The van der Waals surface area contributed by atoms with Crippen molar-refractivity contribution in [1.82, 2.24) is 4.90 Å². The van der Waals surface area contributed by atoms with Gasteiger partial charge in [0.15, 0.2) is 0 Å². The van der Waals surface area contributed by atoms with Crippen LogP contribution in [0.1, 0.15) is 21.5 Å². The maximum Gasteiger partial charge on any atom is 0.335 e. The first-order chi connectivity index (χ1) is 17.8. The van der Waals surface area contributed by atoms with Gasteiger partial charge in [0.05, 0.1) is 24.2 Å². The number of carboxylic acids is 1. The molecule has 0 saturated carbocycles. The average molecular weight is 506 g/mol. The summed E-state index contributed by atoms with van der Waals surface area (Å²) in [6.07, 6.45) is 1.54.